The molecule has 1 unspecified atom stereocenters. The van der Waals surface area contributed by atoms with Crippen LogP contribution in [-0.4, -0.2) is 30.0 Å². The van der Waals surface area contributed by atoms with Crippen LogP contribution >= 0.6 is 0 Å². The van der Waals surface area contributed by atoms with Crippen molar-refractivity contribution in [2.24, 2.45) is 0 Å². The molecule has 0 saturated carbocycles. The number of rotatable bonds is 4. The summed E-state index contributed by atoms with van der Waals surface area (Å²) in [6.07, 6.45) is 4.03. The largest absolute Gasteiger partial charge is 0.352 e. The SMILES string of the molecule is O=C(CCc1ccccn1)NC1CCNC1. The lowest BCUT2D eigenvalue weighted by molar-refractivity contribution is -0.121. The number of pyridine rings is 1. The third-order valence-corrected chi connectivity index (χ3v) is 2.76. The summed E-state index contributed by atoms with van der Waals surface area (Å²) in [5.74, 6) is 0.124. The molecule has 86 valence electrons. The van der Waals surface area contributed by atoms with E-state index in [1.807, 2.05) is 18.2 Å². The van der Waals surface area contributed by atoms with Gasteiger partial charge in [0.2, 0.25) is 5.91 Å². The normalized spacial score (nSPS) is 19.6. The first-order valence-electron chi connectivity index (χ1n) is 5.74. The van der Waals surface area contributed by atoms with Crippen molar-refractivity contribution >= 4 is 5.91 Å². The molecule has 0 aliphatic carbocycles. The Morgan fingerprint density at radius 2 is 2.50 bits per heavy atom. The Balaban J connectivity index is 1.71. The molecule has 2 N–H and O–H groups in total. The van der Waals surface area contributed by atoms with E-state index in [4.69, 9.17) is 0 Å². The molecule has 0 bridgehead atoms. The lowest BCUT2D eigenvalue weighted by Gasteiger charge is -2.10. The summed E-state index contributed by atoms with van der Waals surface area (Å²) < 4.78 is 0. The van der Waals surface area contributed by atoms with Crippen LogP contribution in [0, 0.1) is 0 Å². The highest BCUT2D eigenvalue weighted by Crippen LogP contribution is 2.01. The molecular formula is C12H17N3O. The second kappa shape index (κ2) is 5.61. The van der Waals surface area contributed by atoms with E-state index in [1.165, 1.54) is 0 Å². The van der Waals surface area contributed by atoms with Crippen LogP contribution in [0.25, 0.3) is 0 Å². The van der Waals surface area contributed by atoms with Crippen molar-refractivity contribution in [1.29, 1.82) is 0 Å². The maximum absolute atomic E-state index is 11.6. The summed E-state index contributed by atoms with van der Waals surface area (Å²) in [4.78, 5) is 15.8. The minimum Gasteiger partial charge on any atom is -0.352 e. The number of nitrogens with zero attached hydrogens (tertiary/aromatic N) is 1. The Morgan fingerprint density at radius 1 is 1.56 bits per heavy atom. The van der Waals surface area contributed by atoms with Gasteiger partial charge in [0.15, 0.2) is 0 Å². The molecule has 1 amide bonds. The van der Waals surface area contributed by atoms with Crippen molar-refractivity contribution in [3.05, 3.63) is 30.1 Å². The fraction of sp³-hybridized carbons (Fsp3) is 0.500. The van der Waals surface area contributed by atoms with Gasteiger partial charge in [-0.15, -0.1) is 0 Å². The minimum absolute atomic E-state index is 0.124. The predicted octanol–water partition coefficient (Wildman–Crippen LogP) is 0.492. The molecule has 0 radical (unpaired) electrons. The smallest absolute Gasteiger partial charge is 0.220 e. The van der Waals surface area contributed by atoms with Crippen molar-refractivity contribution < 1.29 is 4.79 Å². The first kappa shape index (κ1) is 11.1. The number of amides is 1. The highest BCUT2D eigenvalue weighted by molar-refractivity contribution is 5.76. The maximum Gasteiger partial charge on any atom is 0.220 e. The van der Waals surface area contributed by atoms with Crippen LogP contribution in [0.15, 0.2) is 24.4 Å². The lowest BCUT2D eigenvalue weighted by atomic mass is 10.2. The maximum atomic E-state index is 11.6. The predicted molar refractivity (Wildman–Crippen MR) is 62.0 cm³/mol. The Hall–Kier alpha value is -1.42. The molecule has 1 saturated heterocycles. The summed E-state index contributed by atoms with van der Waals surface area (Å²) in [6.45, 7) is 1.90. The van der Waals surface area contributed by atoms with E-state index in [2.05, 4.69) is 15.6 Å². The van der Waals surface area contributed by atoms with Crippen molar-refractivity contribution in [3.8, 4) is 0 Å². The summed E-state index contributed by atoms with van der Waals surface area (Å²) in [5, 5.41) is 6.24. The van der Waals surface area contributed by atoms with Crippen LogP contribution in [0.5, 0.6) is 0 Å². The number of hydrogen-bond donors (Lipinski definition) is 2. The number of carbonyl (C=O) groups is 1. The third kappa shape index (κ3) is 3.31. The standard InChI is InChI=1S/C12H17N3O/c16-12(15-11-6-8-13-9-11)5-4-10-3-1-2-7-14-10/h1-3,7,11,13H,4-6,8-9H2,(H,15,16). The molecule has 1 fully saturated rings. The van der Waals surface area contributed by atoms with E-state index in [1.54, 1.807) is 6.20 Å². The fourth-order valence-electron chi connectivity index (χ4n) is 1.87. The molecule has 1 aromatic heterocycles. The second-order valence-corrected chi connectivity index (χ2v) is 4.08. The van der Waals surface area contributed by atoms with Gasteiger partial charge in [-0.25, -0.2) is 0 Å². The van der Waals surface area contributed by atoms with Gasteiger partial charge >= 0.3 is 0 Å². The van der Waals surface area contributed by atoms with Crippen molar-refractivity contribution in [2.75, 3.05) is 13.1 Å². The van der Waals surface area contributed by atoms with E-state index in [0.717, 1.165) is 25.2 Å². The number of aryl methyl sites for hydroxylation is 1. The van der Waals surface area contributed by atoms with Crippen molar-refractivity contribution in [3.63, 3.8) is 0 Å². The summed E-state index contributed by atoms with van der Waals surface area (Å²) in [5.41, 5.74) is 0.974. The number of hydrogen-bond acceptors (Lipinski definition) is 3. The molecule has 1 aromatic rings. The summed E-state index contributed by atoms with van der Waals surface area (Å²) in [6, 6.07) is 6.09. The van der Waals surface area contributed by atoms with Gasteiger partial charge in [-0.05, 0) is 31.5 Å². The van der Waals surface area contributed by atoms with Gasteiger partial charge in [0.05, 0.1) is 0 Å². The summed E-state index contributed by atoms with van der Waals surface area (Å²) in [7, 11) is 0. The molecule has 2 heterocycles. The molecule has 0 aromatic carbocycles. The van der Waals surface area contributed by atoms with Crippen LogP contribution in [0.3, 0.4) is 0 Å². The van der Waals surface area contributed by atoms with Crippen LogP contribution < -0.4 is 10.6 Å². The first-order chi connectivity index (χ1) is 7.84. The van der Waals surface area contributed by atoms with E-state index in [0.29, 0.717) is 18.9 Å². The second-order valence-electron chi connectivity index (χ2n) is 4.08. The van der Waals surface area contributed by atoms with E-state index in [-0.39, 0.29) is 5.91 Å². The van der Waals surface area contributed by atoms with Crippen LogP contribution in [0.4, 0.5) is 0 Å². The molecule has 0 spiro atoms. The molecule has 2 rings (SSSR count). The highest BCUT2D eigenvalue weighted by atomic mass is 16.1. The zero-order valence-electron chi connectivity index (χ0n) is 9.28. The van der Waals surface area contributed by atoms with E-state index in [9.17, 15) is 4.79 Å². The molecule has 16 heavy (non-hydrogen) atoms. The van der Waals surface area contributed by atoms with Crippen LogP contribution in [0.2, 0.25) is 0 Å². The lowest BCUT2D eigenvalue weighted by Crippen LogP contribution is -2.36. The molecular weight excluding hydrogens is 202 g/mol. The fourth-order valence-corrected chi connectivity index (χ4v) is 1.87. The number of carbonyl (C=O) groups excluding carboxylic acids is 1. The number of nitrogens with one attached hydrogen (secondary N) is 2. The number of aromatic nitrogens is 1. The van der Waals surface area contributed by atoms with Gasteiger partial charge in [0, 0.05) is 30.9 Å². The topological polar surface area (TPSA) is 54.0 Å². The molecule has 1 atom stereocenters. The van der Waals surface area contributed by atoms with Gasteiger partial charge in [-0.3, -0.25) is 9.78 Å². The first-order valence-corrected chi connectivity index (χ1v) is 5.74. The Labute approximate surface area is 95.5 Å². The monoisotopic (exact) mass is 219 g/mol. The Kier molecular flexibility index (Phi) is 3.88. The van der Waals surface area contributed by atoms with Gasteiger partial charge in [-0.2, -0.15) is 0 Å². The quantitative estimate of drug-likeness (QED) is 0.775. The Morgan fingerprint density at radius 3 is 3.19 bits per heavy atom. The molecule has 1 aliphatic rings. The zero-order valence-corrected chi connectivity index (χ0v) is 9.28. The van der Waals surface area contributed by atoms with Gasteiger partial charge < -0.3 is 10.6 Å². The van der Waals surface area contributed by atoms with Crippen LogP contribution in [0.1, 0.15) is 18.5 Å². The van der Waals surface area contributed by atoms with Crippen molar-refractivity contribution in [2.45, 2.75) is 25.3 Å². The third-order valence-electron chi connectivity index (χ3n) is 2.76. The van der Waals surface area contributed by atoms with Gasteiger partial charge in [0.25, 0.3) is 0 Å². The van der Waals surface area contributed by atoms with Crippen molar-refractivity contribution in [1.82, 2.24) is 15.6 Å². The van der Waals surface area contributed by atoms with Crippen LogP contribution in [-0.2, 0) is 11.2 Å². The highest BCUT2D eigenvalue weighted by Gasteiger charge is 2.16. The average Bonchev–Trinajstić information content (AvgIpc) is 2.81. The minimum atomic E-state index is 0.124. The zero-order chi connectivity index (χ0) is 11.2. The molecule has 4 nitrogen and oxygen atoms in total. The van der Waals surface area contributed by atoms with Gasteiger partial charge in [0.1, 0.15) is 0 Å². The van der Waals surface area contributed by atoms with E-state index < -0.39 is 0 Å². The Bertz CT molecular complexity index is 333. The molecule has 4 heteroatoms. The van der Waals surface area contributed by atoms with Gasteiger partial charge in [-0.1, -0.05) is 6.07 Å². The molecule has 1 aliphatic heterocycles. The van der Waals surface area contributed by atoms with E-state index >= 15 is 0 Å². The average molecular weight is 219 g/mol. The summed E-state index contributed by atoms with van der Waals surface area (Å²) >= 11 is 0.